The highest BCUT2D eigenvalue weighted by Gasteiger charge is 2.43. The van der Waals surface area contributed by atoms with Crippen LogP contribution in [0.25, 0.3) is 0 Å². The van der Waals surface area contributed by atoms with E-state index in [9.17, 15) is 14.4 Å². The number of halogens is 1. The van der Waals surface area contributed by atoms with Gasteiger partial charge in [0.2, 0.25) is 5.91 Å². The molecule has 3 rings (SSSR count). The Balaban J connectivity index is 1.82. The number of nitrogens with one attached hydrogen (secondary N) is 1. The van der Waals surface area contributed by atoms with E-state index >= 15 is 0 Å². The maximum atomic E-state index is 13.2. The van der Waals surface area contributed by atoms with Crippen molar-refractivity contribution in [2.75, 3.05) is 23.4 Å². The monoisotopic (exact) mass is 459 g/mol. The summed E-state index contributed by atoms with van der Waals surface area (Å²) in [5.74, 6) is -1.12. The van der Waals surface area contributed by atoms with E-state index in [4.69, 9.17) is 28.6 Å². The molecule has 1 heterocycles. The van der Waals surface area contributed by atoms with Crippen LogP contribution in [0.15, 0.2) is 54.6 Å². The normalized spacial score (nSPS) is 15.7. The lowest BCUT2D eigenvalue weighted by Gasteiger charge is -2.30. The average Bonchev–Trinajstić information content (AvgIpc) is 3.04. The Hall–Kier alpha value is -2.97. The second-order valence-corrected chi connectivity index (χ2v) is 7.63. The van der Waals surface area contributed by atoms with Gasteiger partial charge in [0.15, 0.2) is 5.11 Å². The zero-order valence-corrected chi connectivity index (χ0v) is 18.5. The van der Waals surface area contributed by atoms with Gasteiger partial charge in [0.25, 0.3) is 5.91 Å². The molecule has 162 valence electrons. The van der Waals surface area contributed by atoms with Crippen molar-refractivity contribution in [3.8, 4) is 0 Å². The number of nitrogens with zero attached hydrogens (tertiary/aromatic N) is 2. The molecule has 7 nitrogen and oxygen atoms in total. The van der Waals surface area contributed by atoms with E-state index in [1.165, 1.54) is 0 Å². The van der Waals surface area contributed by atoms with Gasteiger partial charge in [-0.1, -0.05) is 29.8 Å². The zero-order valence-electron chi connectivity index (χ0n) is 16.9. The summed E-state index contributed by atoms with van der Waals surface area (Å²) >= 11 is 11.5. The number of imide groups is 1. The Morgan fingerprint density at radius 2 is 1.87 bits per heavy atom. The lowest BCUT2D eigenvalue weighted by Crippen LogP contribution is -2.48. The Morgan fingerprint density at radius 3 is 2.52 bits per heavy atom. The number of rotatable bonds is 7. The van der Waals surface area contributed by atoms with Gasteiger partial charge in [-0.25, -0.2) is 4.90 Å². The molecule has 0 aliphatic carbocycles. The average molecular weight is 460 g/mol. The van der Waals surface area contributed by atoms with Crippen LogP contribution in [-0.2, 0) is 19.1 Å². The topological polar surface area (TPSA) is 79.0 Å². The quantitative estimate of drug-likeness (QED) is 0.385. The lowest BCUT2D eigenvalue weighted by atomic mass is 10.2. The molecule has 0 saturated carbocycles. The van der Waals surface area contributed by atoms with Crippen LogP contribution in [0.3, 0.4) is 0 Å². The molecule has 2 amide bonds. The number of hydrogen-bond acceptors (Lipinski definition) is 5. The van der Waals surface area contributed by atoms with Crippen LogP contribution in [-0.4, -0.2) is 47.0 Å². The molecule has 0 aromatic heterocycles. The first-order valence-corrected chi connectivity index (χ1v) is 10.6. The SMILES string of the molecule is CCOC(=O)CCN(C(=S)Nc1ccc(Cl)cc1)C1CC(=O)N(c2ccccc2)C1=O. The van der Waals surface area contributed by atoms with E-state index < -0.39 is 12.0 Å². The zero-order chi connectivity index (χ0) is 22.4. The fourth-order valence-electron chi connectivity index (χ4n) is 3.28. The second-order valence-electron chi connectivity index (χ2n) is 6.81. The Bertz CT molecular complexity index is 968. The summed E-state index contributed by atoms with van der Waals surface area (Å²) in [5.41, 5.74) is 1.18. The van der Waals surface area contributed by atoms with Crippen LogP contribution in [0.1, 0.15) is 19.8 Å². The fourth-order valence-corrected chi connectivity index (χ4v) is 3.74. The molecule has 2 aromatic rings. The van der Waals surface area contributed by atoms with E-state index in [0.717, 1.165) is 4.90 Å². The smallest absolute Gasteiger partial charge is 0.307 e. The molecule has 1 aliphatic heterocycles. The van der Waals surface area contributed by atoms with Crippen molar-refractivity contribution in [2.45, 2.75) is 25.8 Å². The third kappa shape index (κ3) is 5.59. The number of carbonyl (C=O) groups excluding carboxylic acids is 3. The molecule has 1 N–H and O–H groups in total. The van der Waals surface area contributed by atoms with Crippen molar-refractivity contribution in [3.63, 3.8) is 0 Å². The van der Waals surface area contributed by atoms with Gasteiger partial charge < -0.3 is 15.0 Å². The maximum Gasteiger partial charge on any atom is 0.307 e. The molecule has 1 atom stereocenters. The van der Waals surface area contributed by atoms with E-state index in [2.05, 4.69) is 5.32 Å². The molecule has 1 aliphatic rings. The number of benzene rings is 2. The van der Waals surface area contributed by atoms with Crippen LogP contribution in [0.5, 0.6) is 0 Å². The summed E-state index contributed by atoms with van der Waals surface area (Å²) in [6.45, 7) is 2.11. The number of amides is 2. The third-order valence-corrected chi connectivity index (χ3v) is 5.32. The summed E-state index contributed by atoms with van der Waals surface area (Å²) in [5, 5.41) is 3.86. The summed E-state index contributed by atoms with van der Waals surface area (Å²) in [7, 11) is 0. The molecule has 9 heteroatoms. The predicted molar refractivity (Wildman–Crippen MR) is 123 cm³/mol. The van der Waals surface area contributed by atoms with Crippen LogP contribution in [0, 0.1) is 0 Å². The number of hydrogen-bond donors (Lipinski definition) is 1. The van der Waals surface area contributed by atoms with E-state index in [0.29, 0.717) is 16.4 Å². The van der Waals surface area contributed by atoms with Gasteiger partial charge in [-0.05, 0) is 55.5 Å². The van der Waals surface area contributed by atoms with Crippen LogP contribution < -0.4 is 10.2 Å². The maximum absolute atomic E-state index is 13.2. The lowest BCUT2D eigenvalue weighted by molar-refractivity contribution is -0.143. The van der Waals surface area contributed by atoms with Gasteiger partial charge in [-0.3, -0.25) is 14.4 Å². The minimum Gasteiger partial charge on any atom is -0.466 e. The molecular weight excluding hydrogens is 438 g/mol. The minimum atomic E-state index is -0.825. The highest BCUT2D eigenvalue weighted by Crippen LogP contribution is 2.26. The van der Waals surface area contributed by atoms with E-state index in [-0.39, 0.29) is 42.9 Å². The molecule has 1 saturated heterocycles. The predicted octanol–water partition coefficient (Wildman–Crippen LogP) is 3.62. The minimum absolute atomic E-state index is 0.0274. The molecule has 1 unspecified atom stereocenters. The molecule has 0 spiro atoms. The van der Waals surface area contributed by atoms with Gasteiger partial charge >= 0.3 is 5.97 Å². The van der Waals surface area contributed by atoms with Gasteiger partial charge in [-0.15, -0.1) is 0 Å². The van der Waals surface area contributed by atoms with Gasteiger partial charge in [0.05, 0.1) is 25.1 Å². The first-order valence-electron chi connectivity index (χ1n) is 9.81. The van der Waals surface area contributed by atoms with Gasteiger partial charge in [0, 0.05) is 17.3 Å². The van der Waals surface area contributed by atoms with Crippen molar-refractivity contribution in [1.29, 1.82) is 0 Å². The molecule has 0 radical (unpaired) electrons. The van der Waals surface area contributed by atoms with Gasteiger partial charge in [0.1, 0.15) is 6.04 Å². The summed E-state index contributed by atoms with van der Waals surface area (Å²) in [4.78, 5) is 40.5. The first-order chi connectivity index (χ1) is 14.9. The van der Waals surface area contributed by atoms with Crippen molar-refractivity contribution >= 4 is 58.1 Å². The molecule has 1 fully saturated rings. The first kappa shape index (κ1) is 22.7. The Morgan fingerprint density at radius 1 is 1.19 bits per heavy atom. The van der Waals surface area contributed by atoms with Crippen molar-refractivity contribution < 1.29 is 19.1 Å². The summed E-state index contributed by atoms with van der Waals surface area (Å²) in [6.07, 6.45) is -0.0153. The number of esters is 1. The number of carbonyl (C=O) groups is 3. The Kier molecular flexibility index (Phi) is 7.59. The highest BCUT2D eigenvalue weighted by molar-refractivity contribution is 7.80. The van der Waals surface area contributed by atoms with Crippen molar-refractivity contribution in [2.24, 2.45) is 0 Å². The molecule has 2 aromatic carbocycles. The highest BCUT2D eigenvalue weighted by atomic mass is 35.5. The van der Waals surface area contributed by atoms with Crippen LogP contribution in [0.4, 0.5) is 11.4 Å². The number of thiocarbonyl (C=S) groups is 1. The Labute approximate surface area is 190 Å². The van der Waals surface area contributed by atoms with Crippen molar-refractivity contribution in [1.82, 2.24) is 4.90 Å². The molecule has 31 heavy (non-hydrogen) atoms. The summed E-state index contributed by atoms with van der Waals surface area (Å²) < 4.78 is 5.00. The van der Waals surface area contributed by atoms with Gasteiger partial charge in [-0.2, -0.15) is 0 Å². The molecular formula is C22H22ClN3O4S. The molecule has 0 bridgehead atoms. The summed E-state index contributed by atoms with van der Waals surface area (Å²) in [6, 6.07) is 14.8. The fraction of sp³-hybridized carbons (Fsp3) is 0.273. The largest absolute Gasteiger partial charge is 0.466 e. The van der Waals surface area contributed by atoms with E-state index in [1.807, 2.05) is 6.07 Å². The standard InChI is InChI=1S/C22H22ClN3O4S/c1-2-30-20(28)12-13-25(22(31)24-16-10-8-15(23)9-11-16)18-14-19(27)26(21(18)29)17-6-4-3-5-7-17/h3-11,18H,2,12-14H2,1H3,(H,24,31). The number of ether oxygens (including phenoxy) is 1. The number of anilines is 2. The second kappa shape index (κ2) is 10.4. The number of para-hydroxylation sites is 1. The van der Waals surface area contributed by atoms with Crippen molar-refractivity contribution in [3.05, 3.63) is 59.6 Å². The van der Waals surface area contributed by atoms with Crippen LogP contribution in [0.2, 0.25) is 5.02 Å². The van der Waals surface area contributed by atoms with Crippen LogP contribution >= 0.6 is 23.8 Å². The third-order valence-electron chi connectivity index (χ3n) is 4.73. The van der Waals surface area contributed by atoms with E-state index in [1.54, 1.807) is 60.4 Å².